The Morgan fingerprint density at radius 3 is 2.56 bits per heavy atom. The van der Waals surface area contributed by atoms with Crippen LogP contribution in [0.5, 0.6) is 0 Å². The van der Waals surface area contributed by atoms with Gasteiger partial charge in [-0.25, -0.2) is 4.79 Å². The summed E-state index contributed by atoms with van der Waals surface area (Å²) in [5.41, 5.74) is 2.73. The van der Waals surface area contributed by atoms with Crippen LogP contribution in [0.4, 0.5) is 0 Å². The van der Waals surface area contributed by atoms with E-state index in [1.807, 2.05) is 25.1 Å². The maximum Gasteiger partial charge on any atom is 0.337 e. The SMILES string of the molecule is C/C=C(\C=C/CC)c1cc(I)cc(C(=O)OC)c1. The summed E-state index contributed by atoms with van der Waals surface area (Å²) in [5, 5.41) is 0. The van der Waals surface area contributed by atoms with Gasteiger partial charge in [0.25, 0.3) is 0 Å². The van der Waals surface area contributed by atoms with Crippen LogP contribution >= 0.6 is 22.6 Å². The molecule has 3 heteroatoms. The molecule has 0 aliphatic heterocycles. The third kappa shape index (κ3) is 3.98. The Balaban J connectivity index is 3.20. The average molecular weight is 356 g/mol. The minimum atomic E-state index is -0.301. The van der Waals surface area contributed by atoms with Gasteiger partial charge in [-0.2, -0.15) is 0 Å². The fraction of sp³-hybridized carbons (Fsp3) is 0.267. The van der Waals surface area contributed by atoms with Gasteiger partial charge in [-0.15, -0.1) is 0 Å². The van der Waals surface area contributed by atoms with Gasteiger partial charge in [0.2, 0.25) is 0 Å². The molecule has 18 heavy (non-hydrogen) atoms. The van der Waals surface area contributed by atoms with E-state index in [-0.39, 0.29) is 5.97 Å². The largest absolute Gasteiger partial charge is 0.465 e. The fourth-order valence-corrected chi connectivity index (χ4v) is 2.27. The Bertz CT molecular complexity index is 487. The van der Waals surface area contributed by atoms with Crippen molar-refractivity contribution >= 4 is 34.1 Å². The summed E-state index contributed by atoms with van der Waals surface area (Å²) >= 11 is 2.21. The Morgan fingerprint density at radius 2 is 2.00 bits per heavy atom. The standard InChI is InChI=1S/C15H17IO2/c1-4-6-7-11(5-2)12-8-13(15(17)18-3)10-14(16)9-12/h5-10H,4H2,1-3H3/b7-6-,11-5+. The summed E-state index contributed by atoms with van der Waals surface area (Å²) in [6.07, 6.45) is 7.21. The summed E-state index contributed by atoms with van der Waals surface area (Å²) in [5.74, 6) is -0.301. The van der Waals surface area contributed by atoms with Crippen LogP contribution in [-0.4, -0.2) is 13.1 Å². The van der Waals surface area contributed by atoms with Crippen molar-refractivity contribution in [3.05, 3.63) is 51.1 Å². The maximum atomic E-state index is 11.6. The van der Waals surface area contributed by atoms with E-state index in [0.717, 1.165) is 21.1 Å². The van der Waals surface area contributed by atoms with E-state index in [9.17, 15) is 4.79 Å². The zero-order valence-corrected chi connectivity index (χ0v) is 13.0. The zero-order chi connectivity index (χ0) is 13.5. The third-order valence-electron chi connectivity index (χ3n) is 2.50. The molecule has 96 valence electrons. The molecule has 0 spiro atoms. The number of methoxy groups -OCH3 is 1. The lowest BCUT2D eigenvalue weighted by Gasteiger charge is -2.06. The van der Waals surface area contributed by atoms with Crippen molar-refractivity contribution in [2.75, 3.05) is 7.11 Å². The Hall–Kier alpha value is -1.10. The topological polar surface area (TPSA) is 26.3 Å². The second kappa shape index (κ2) is 7.36. The van der Waals surface area contributed by atoms with Crippen LogP contribution in [0.3, 0.4) is 0 Å². The van der Waals surface area contributed by atoms with Gasteiger partial charge in [-0.3, -0.25) is 0 Å². The minimum absolute atomic E-state index is 0.301. The third-order valence-corrected chi connectivity index (χ3v) is 3.12. The van der Waals surface area contributed by atoms with Crippen LogP contribution in [-0.2, 0) is 4.74 Å². The van der Waals surface area contributed by atoms with E-state index in [1.165, 1.54) is 7.11 Å². The van der Waals surface area contributed by atoms with E-state index in [2.05, 4.69) is 47.7 Å². The smallest absolute Gasteiger partial charge is 0.337 e. The highest BCUT2D eigenvalue weighted by molar-refractivity contribution is 14.1. The molecule has 0 N–H and O–H groups in total. The molecular formula is C15H17IO2. The van der Waals surface area contributed by atoms with Gasteiger partial charge in [0.15, 0.2) is 0 Å². The molecule has 0 aromatic heterocycles. The number of rotatable bonds is 4. The van der Waals surface area contributed by atoms with Crippen molar-refractivity contribution in [3.63, 3.8) is 0 Å². The summed E-state index contributed by atoms with van der Waals surface area (Å²) in [6, 6.07) is 5.75. The number of hydrogen-bond donors (Lipinski definition) is 0. The molecule has 0 fully saturated rings. The molecule has 0 atom stereocenters. The van der Waals surface area contributed by atoms with Crippen molar-refractivity contribution in [3.8, 4) is 0 Å². The summed E-state index contributed by atoms with van der Waals surface area (Å²) in [6.45, 7) is 4.09. The number of allylic oxidation sites excluding steroid dienone is 4. The highest BCUT2D eigenvalue weighted by Crippen LogP contribution is 2.21. The summed E-state index contributed by atoms with van der Waals surface area (Å²) in [7, 11) is 1.40. The highest BCUT2D eigenvalue weighted by Gasteiger charge is 2.09. The van der Waals surface area contributed by atoms with Crippen molar-refractivity contribution in [2.45, 2.75) is 20.3 Å². The minimum Gasteiger partial charge on any atom is -0.465 e. The first kappa shape index (κ1) is 15.0. The van der Waals surface area contributed by atoms with Crippen molar-refractivity contribution in [2.24, 2.45) is 0 Å². The zero-order valence-electron chi connectivity index (χ0n) is 10.9. The molecule has 1 aromatic rings. The number of ether oxygens (including phenoxy) is 1. The average Bonchev–Trinajstić information content (AvgIpc) is 2.38. The Labute approximate surface area is 122 Å². The second-order valence-electron chi connectivity index (χ2n) is 3.77. The van der Waals surface area contributed by atoms with Gasteiger partial charge < -0.3 is 4.74 Å². The van der Waals surface area contributed by atoms with E-state index < -0.39 is 0 Å². The van der Waals surface area contributed by atoms with E-state index in [4.69, 9.17) is 4.74 Å². The number of esters is 1. The first-order chi connectivity index (χ1) is 8.62. The second-order valence-corrected chi connectivity index (χ2v) is 5.02. The van der Waals surface area contributed by atoms with E-state index in [0.29, 0.717) is 5.56 Å². The first-order valence-corrected chi connectivity index (χ1v) is 6.92. The molecule has 0 unspecified atom stereocenters. The van der Waals surface area contributed by atoms with Gasteiger partial charge in [-0.05, 0) is 65.3 Å². The first-order valence-electron chi connectivity index (χ1n) is 5.84. The van der Waals surface area contributed by atoms with Crippen LogP contribution < -0.4 is 0 Å². The molecule has 0 amide bonds. The quantitative estimate of drug-likeness (QED) is 0.453. The predicted molar refractivity (Wildman–Crippen MR) is 83.6 cm³/mol. The van der Waals surface area contributed by atoms with Gasteiger partial charge in [0, 0.05) is 3.57 Å². The highest BCUT2D eigenvalue weighted by atomic mass is 127. The van der Waals surface area contributed by atoms with E-state index >= 15 is 0 Å². The molecule has 1 rings (SSSR count). The van der Waals surface area contributed by atoms with Gasteiger partial charge >= 0.3 is 5.97 Å². The molecule has 0 radical (unpaired) electrons. The Morgan fingerprint density at radius 1 is 1.33 bits per heavy atom. The molecular weight excluding hydrogens is 339 g/mol. The molecule has 1 aromatic carbocycles. The molecule has 0 saturated carbocycles. The number of benzene rings is 1. The normalized spacial score (nSPS) is 11.9. The number of halogens is 1. The molecule has 2 nitrogen and oxygen atoms in total. The van der Waals surface area contributed by atoms with Crippen LogP contribution in [0.15, 0.2) is 36.4 Å². The number of carbonyl (C=O) groups excluding carboxylic acids is 1. The van der Waals surface area contributed by atoms with Crippen LogP contribution in [0.25, 0.3) is 5.57 Å². The van der Waals surface area contributed by atoms with Gasteiger partial charge in [-0.1, -0.05) is 25.2 Å². The number of hydrogen-bond acceptors (Lipinski definition) is 2. The predicted octanol–water partition coefficient (Wildman–Crippen LogP) is 4.45. The van der Waals surface area contributed by atoms with Gasteiger partial charge in [0.05, 0.1) is 12.7 Å². The van der Waals surface area contributed by atoms with Crippen LogP contribution in [0.2, 0.25) is 0 Å². The maximum absolute atomic E-state index is 11.6. The molecule has 0 saturated heterocycles. The lowest BCUT2D eigenvalue weighted by molar-refractivity contribution is 0.0600. The van der Waals surface area contributed by atoms with E-state index in [1.54, 1.807) is 0 Å². The van der Waals surface area contributed by atoms with Crippen LogP contribution in [0.1, 0.15) is 36.2 Å². The van der Waals surface area contributed by atoms with Crippen molar-refractivity contribution in [1.29, 1.82) is 0 Å². The summed E-state index contributed by atoms with van der Waals surface area (Å²) in [4.78, 5) is 11.6. The molecule has 0 heterocycles. The van der Waals surface area contributed by atoms with Crippen molar-refractivity contribution < 1.29 is 9.53 Å². The Kier molecular flexibility index (Phi) is 6.12. The summed E-state index contributed by atoms with van der Waals surface area (Å²) < 4.78 is 5.78. The number of carbonyl (C=O) groups is 1. The van der Waals surface area contributed by atoms with Crippen molar-refractivity contribution in [1.82, 2.24) is 0 Å². The monoisotopic (exact) mass is 356 g/mol. The van der Waals surface area contributed by atoms with Gasteiger partial charge in [0.1, 0.15) is 0 Å². The van der Waals surface area contributed by atoms with Crippen LogP contribution in [0, 0.1) is 3.57 Å². The molecule has 0 bridgehead atoms. The molecule has 0 aliphatic rings. The fourth-order valence-electron chi connectivity index (χ4n) is 1.60. The lowest BCUT2D eigenvalue weighted by Crippen LogP contribution is -2.02. The lowest BCUT2D eigenvalue weighted by atomic mass is 10.0. The molecule has 0 aliphatic carbocycles.